The lowest BCUT2D eigenvalue weighted by Gasteiger charge is -2.26. The minimum Gasteiger partial charge on any atom is -0.504 e. The molecule has 3 heterocycles. The molecule has 0 unspecified atom stereocenters. The number of amides is 1. The zero-order valence-electron chi connectivity index (χ0n) is 18.6. The summed E-state index contributed by atoms with van der Waals surface area (Å²) in [7, 11) is 0. The van der Waals surface area contributed by atoms with Gasteiger partial charge in [-0.1, -0.05) is 19.1 Å². The molecule has 8 nitrogen and oxygen atoms in total. The number of benzene rings is 1. The van der Waals surface area contributed by atoms with Crippen molar-refractivity contribution in [2.75, 3.05) is 6.54 Å². The van der Waals surface area contributed by atoms with Crippen molar-refractivity contribution in [3.63, 3.8) is 0 Å². The Bertz CT molecular complexity index is 1290. The molecule has 0 saturated heterocycles. The molecule has 170 valence electrons. The van der Waals surface area contributed by atoms with Gasteiger partial charge in [0, 0.05) is 24.2 Å². The van der Waals surface area contributed by atoms with Crippen LogP contribution in [0.5, 0.6) is 5.75 Å². The Morgan fingerprint density at radius 1 is 1.18 bits per heavy atom. The van der Waals surface area contributed by atoms with Gasteiger partial charge in [-0.2, -0.15) is 0 Å². The van der Waals surface area contributed by atoms with E-state index in [9.17, 15) is 14.3 Å². The number of nitrogens with zero attached hydrogens (tertiary/aromatic N) is 5. The van der Waals surface area contributed by atoms with Crippen LogP contribution < -0.4 is 0 Å². The van der Waals surface area contributed by atoms with Crippen LogP contribution in [0.15, 0.2) is 47.0 Å². The maximum atomic E-state index is 13.4. The zero-order chi connectivity index (χ0) is 23.5. The molecule has 4 rings (SSSR count). The molecule has 0 saturated carbocycles. The van der Waals surface area contributed by atoms with E-state index in [1.807, 2.05) is 20.8 Å². The highest BCUT2D eigenvalue weighted by atomic mass is 19.1. The Kier molecular flexibility index (Phi) is 6.30. The molecule has 3 aromatic heterocycles. The summed E-state index contributed by atoms with van der Waals surface area (Å²) < 4.78 is 18.9. The summed E-state index contributed by atoms with van der Waals surface area (Å²) in [6, 6.07) is 9.30. The highest BCUT2D eigenvalue weighted by Gasteiger charge is 2.27. The number of hydrogen-bond donors (Lipinski definition) is 1. The first-order valence-corrected chi connectivity index (χ1v) is 10.7. The average Bonchev–Trinajstić information content (AvgIpc) is 3.27. The molecule has 0 aliphatic carbocycles. The van der Waals surface area contributed by atoms with Crippen LogP contribution in [-0.2, 0) is 6.42 Å². The number of halogens is 1. The molecule has 0 spiro atoms. The second-order valence-electron chi connectivity index (χ2n) is 7.95. The first-order chi connectivity index (χ1) is 15.9. The summed E-state index contributed by atoms with van der Waals surface area (Å²) in [4.78, 5) is 23.9. The van der Waals surface area contributed by atoms with Gasteiger partial charge in [0.05, 0.1) is 6.42 Å². The van der Waals surface area contributed by atoms with Crippen LogP contribution >= 0.6 is 0 Å². The van der Waals surface area contributed by atoms with Crippen molar-refractivity contribution in [1.29, 1.82) is 0 Å². The third kappa shape index (κ3) is 4.52. The predicted molar refractivity (Wildman–Crippen MR) is 120 cm³/mol. The van der Waals surface area contributed by atoms with E-state index >= 15 is 0 Å². The van der Waals surface area contributed by atoms with Gasteiger partial charge >= 0.3 is 0 Å². The number of fused-ring (bicyclic) bond motifs is 1. The summed E-state index contributed by atoms with van der Waals surface area (Å²) in [5.41, 5.74) is 1.16. The van der Waals surface area contributed by atoms with Crippen molar-refractivity contribution < 1.29 is 18.7 Å². The Morgan fingerprint density at radius 2 is 1.94 bits per heavy atom. The standard InChI is InChI=1S/C24H24FN5O3/c1-4-12-30(14(2)3)24(32)20-17-6-5-11-26-19(17)22(31)21(27-20)23-29-28-18(33-23)13-15-7-9-16(25)10-8-15/h5-11,14,31H,4,12-13H2,1-3H3. The van der Waals surface area contributed by atoms with E-state index in [2.05, 4.69) is 20.2 Å². The molecular weight excluding hydrogens is 425 g/mol. The molecule has 0 radical (unpaired) electrons. The van der Waals surface area contributed by atoms with Crippen LogP contribution in [0, 0.1) is 5.82 Å². The van der Waals surface area contributed by atoms with Crippen LogP contribution in [0.25, 0.3) is 22.5 Å². The Morgan fingerprint density at radius 3 is 2.64 bits per heavy atom. The molecule has 0 atom stereocenters. The lowest BCUT2D eigenvalue weighted by molar-refractivity contribution is 0.0702. The fraction of sp³-hybridized carbons (Fsp3) is 0.292. The van der Waals surface area contributed by atoms with Gasteiger partial charge in [0.15, 0.2) is 11.4 Å². The number of pyridine rings is 2. The highest BCUT2D eigenvalue weighted by Crippen LogP contribution is 2.34. The van der Waals surface area contributed by atoms with E-state index in [0.717, 1.165) is 12.0 Å². The van der Waals surface area contributed by atoms with Crippen molar-refractivity contribution in [3.05, 3.63) is 65.6 Å². The van der Waals surface area contributed by atoms with E-state index in [0.29, 0.717) is 11.9 Å². The first kappa shape index (κ1) is 22.3. The van der Waals surface area contributed by atoms with E-state index in [4.69, 9.17) is 4.42 Å². The summed E-state index contributed by atoms with van der Waals surface area (Å²) in [6.07, 6.45) is 2.60. The van der Waals surface area contributed by atoms with Gasteiger partial charge < -0.3 is 14.4 Å². The molecule has 1 N–H and O–H groups in total. The van der Waals surface area contributed by atoms with Gasteiger partial charge in [0.2, 0.25) is 5.89 Å². The first-order valence-electron chi connectivity index (χ1n) is 10.7. The maximum absolute atomic E-state index is 13.4. The number of carbonyl (C=O) groups is 1. The number of carbonyl (C=O) groups excluding carboxylic acids is 1. The SMILES string of the molecule is CCCN(C(=O)c1nc(-c2nnc(Cc3ccc(F)cc3)o2)c(O)c2ncccc12)C(C)C. The van der Waals surface area contributed by atoms with Gasteiger partial charge in [-0.15, -0.1) is 10.2 Å². The molecule has 1 aromatic carbocycles. The molecule has 33 heavy (non-hydrogen) atoms. The van der Waals surface area contributed by atoms with Gasteiger partial charge in [-0.25, -0.2) is 9.37 Å². The number of hydrogen-bond acceptors (Lipinski definition) is 7. The molecule has 0 fully saturated rings. The Labute approximate surface area is 190 Å². The topological polar surface area (TPSA) is 105 Å². The van der Waals surface area contributed by atoms with E-state index in [1.54, 1.807) is 29.2 Å². The lowest BCUT2D eigenvalue weighted by Crippen LogP contribution is -2.38. The largest absolute Gasteiger partial charge is 0.504 e. The predicted octanol–water partition coefficient (Wildman–Crippen LogP) is 4.38. The Balaban J connectivity index is 1.77. The summed E-state index contributed by atoms with van der Waals surface area (Å²) in [5.74, 6) is -0.610. The van der Waals surface area contributed by atoms with Crippen molar-refractivity contribution in [2.45, 2.75) is 39.7 Å². The normalized spacial score (nSPS) is 11.3. The van der Waals surface area contributed by atoms with Crippen LogP contribution in [0.4, 0.5) is 4.39 Å². The van der Waals surface area contributed by atoms with Gasteiger partial charge in [0.25, 0.3) is 11.8 Å². The highest BCUT2D eigenvalue weighted by molar-refractivity contribution is 6.07. The minimum absolute atomic E-state index is 0.0115. The van der Waals surface area contributed by atoms with Crippen molar-refractivity contribution in [3.8, 4) is 17.3 Å². The molecule has 1 amide bonds. The van der Waals surface area contributed by atoms with Crippen molar-refractivity contribution >= 4 is 16.8 Å². The fourth-order valence-corrected chi connectivity index (χ4v) is 3.60. The Hall–Kier alpha value is -3.88. The van der Waals surface area contributed by atoms with Crippen LogP contribution in [-0.4, -0.2) is 48.7 Å². The van der Waals surface area contributed by atoms with Gasteiger partial charge in [-0.05, 0) is 50.1 Å². The molecule has 4 aromatic rings. The average molecular weight is 449 g/mol. The van der Waals surface area contributed by atoms with E-state index in [-0.39, 0.29) is 58.6 Å². The third-order valence-electron chi connectivity index (χ3n) is 5.22. The lowest BCUT2D eigenvalue weighted by atomic mass is 10.1. The fourth-order valence-electron chi connectivity index (χ4n) is 3.60. The van der Waals surface area contributed by atoms with E-state index in [1.165, 1.54) is 18.3 Å². The summed E-state index contributed by atoms with van der Waals surface area (Å²) in [5, 5.41) is 19.4. The molecule has 0 aliphatic heterocycles. The molecular formula is C24H24FN5O3. The van der Waals surface area contributed by atoms with Gasteiger partial charge in [0.1, 0.15) is 17.0 Å². The monoisotopic (exact) mass is 449 g/mol. The molecule has 0 aliphatic rings. The second kappa shape index (κ2) is 9.32. The van der Waals surface area contributed by atoms with Crippen molar-refractivity contribution in [1.82, 2.24) is 25.1 Å². The van der Waals surface area contributed by atoms with Crippen LogP contribution in [0.1, 0.15) is 49.1 Å². The number of rotatable bonds is 7. The van der Waals surface area contributed by atoms with E-state index < -0.39 is 0 Å². The van der Waals surface area contributed by atoms with Gasteiger partial charge in [-0.3, -0.25) is 9.78 Å². The quantitative estimate of drug-likeness (QED) is 0.446. The summed E-state index contributed by atoms with van der Waals surface area (Å²) in [6.45, 7) is 6.45. The van der Waals surface area contributed by atoms with Crippen LogP contribution in [0.2, 0.25) is 0 Å². The zero-order valence-corrected chi connectivity index (χ0v) is 18.6. The second-order valence-corrected chi connectivity index (χ2v) is 7.95. The van der Waals surface area contributed by atoms with Crippen LogP contribution in [0.3, 0.4) is 0 Å². The molecule has 9 heteroatoms. The molecule has 0 bridgehead atoms. The minimum atomic E-state index is -0.335. The summed E-state index contributed by atoms with van der Waals surface area (Å²) >= 11 is 0. The third-order valence-corrected chi connectivity index (χ3v) is 5.22. The smallest absolute Gasteiger partial charge is 0.273 e. The number of aromatic nitrogens is 4. The maximum Gasteiger partial charge on any atom is 0.273 e. The van der Waals surface area contributed by atoms with Crippen molar-refractivity contribution in [2.24, 2.45) is 0 Å². The number of aromatic hydroxyl groups is 1.